The Balaban J connectivity index is 1.67. The predicted molar refractivity (Wildman–Crippen MR) is 90.8 cm³/mol. The Morgan fingerprint density at radius 2 is 1.83 bits per heavy atom. The van der Waals surface area contributed by atoms with E-state index >= 15 is 0 Å². The molecule has 1 aromatic rings. The summed E-state index contributed by atoms with van der Waals surface area (Å²) < 4.78 is 34.5. The van der Waals surface area contributed by atoms with Crippen molar-refractivity contribution in [3.63, 3.8) is 0 Å². The van der Waals surface area contributed by atoms with E-state index in [9.17, 15) is 8.42 Å². The Kier molecular flexibility index (Phi) is 5.59. The first kappa shape index (κ1) is 17.2. The summed E-state index contributed by atoms with van der Waals surface area (Å²) in [4.78, 5) is 0. The molecule has 23 heavy (non-hydrogen) atoms. The van der Waals surface area contributed by atoms with Crippen molar-refractivity contribution in [2.75, 3.05) is 32.8 Å². The SMILES string of the molecule is O=S(=O)(N1CCCCC1)N1CCO[C@@H](Cc2ccccc2Cl)C1. The highest BCUT2D eigenvalue weighted by molar-refractivity contribution is 7.86. The van der Waals surface area contributed by atoms with Crippen molar-refractivity contribution in [1.29, 1.82) is 0 Å². The van der Waals surface area contributed by atoms with Crippen molar-refractivity contribution in [3.05, 3.63) is 34.9 Å². The van der Waals surface area contributed by atoms with Crippen LogP contribution in [-0.2, 0) is 21.4 Å². The lowest BCUT2D eigenvalue weighted by molar-refractivity contribution is -0.00242. The molecule has 2 aliphatic rings. The van der Waals surface area contributed by atoms with Gasteiger partial charge < -0.3 is 4.74 Å². The standard InChI is InChI=1S/C16H23ClN2O3S/c17-16-7-3-2-6-14(16)12-15-13-19(10-11-22-15)23(20,21)18-8-4-1-5-9-18/h2-3,6-7,15H,1,4-5,8-13H2/t15-/m0/s1. The molecule has 3 rings (SSSR count). The van der Waals surface area contributed by atoms with E-state index < -0.39 is 10.2 Å². The first-order chi connectivity index (χ1) is 11.1. The molecule has 2 heterocycles. The van der Waals surface area contributed by atoms with E-state index in [1.165, 1.54) is 0 Å². The molecule has 1 atom stereocenters. The van der Waals surface area contributed by atoms with E-state index in [-0.39, 0.29) is 6.10 Å². The Morgan fingerprint density at radius 1 is 1.09 bits per heavy atom. The van der Waals surface area contributed by atoms with Crippen LogP contribution < -0.4 is 0 Å². The fraction of sp³-hybridized carbons (Fsp3) is 0.625. The topological polar surface area (TPSA) is 49.9 Å². The average molecular weight is 359 g/mol. The minimum atomic E-state index is -3.37. The average Bonchev–Trinajstić information content (AvgIpc) is 2.58. The quantitative estimate of drug-likeness (QED) is 0.830. The summed E-state index contributed by atoms with van der Waals surface area (Å²) in [5, 5.41) is 0.701. The first-order valence-corrected chi connectivity index (χ1v) is 9.95. The maximum Gasteiger partial charge on any atom is 0.282 e. The van der Waals surface area contributed by atoms with Gasteiger partial charge >= 0.3 is 0 Å². The zero-order chi connectivity index (χ0) is 16.3. The van der Waals surface area contributed by atoms with Gasteiger partial charge in [-0.25, -0.2) is 0 Å². The molecule has 0 N–H and O–H groups in total. The van der Waals surface area contributed by atoms with Gasteiger partial charge in [-0.2, -0.15) is 17.0 Å². The summed E-state index contributed by atoms with van der Waals surface area (Å²) in [5.41, 5.74) is 0.997. The molecule has 1 aromatic carbocycles. The van der Waals surface area contributed by atoms with E-state index in [0.29, 0.717) is 44.2 Å². The number of hydrogen-bond acceptors (Lipinski definition) is 3. The number of nitrogens with zero attached hydrogens (tertiary/aromatic N) is 2. The number of piperidine rings is 1. The number of ether oxygens (including phenoxy) is 1. The van der Waals surface area contributed by atoms with E-state index in [1.807, 2.05) is 24.3 Å². The molecule has 5 nitrogen and oxygen atoms in total. The second kappa shape index (κ2) is 7.49. The molecule has 0 amide bonds. The monoisotopic (exact) mass is 358 g/mol. The lowest BCUT2D eigenvalue weighted by Crippen LogP contribution is -2.52. The smallest absolute Gasteiger partial charge is 0.282 e. The summed E-state index contributed by atoms with van der Waals surface area (Å²) in [6.45, 7) is 2.52. The Morgan fingerprint density at radius 3 is 2.57 bits per heavy atom. The molecule has 0 bridgehead atoms. The maximum atomic E-state index is 12.8. The highest BCUT2D eigenvalue weighted by atomic mass is 35.5. The normalized spacial score (nSPS) is 24.7. The van der Waals surface area contributed by atoms with Gasteiger partial charge in [-0.05, 0) is 24.5 Å². The largest absolute Gasteiger partial charge is 0.375 e. The maximum absolute atomic E-state index is 12.8. The van der Waals surface area contributed by atoms with Crippen LogP contribution in [0.3, 0.4) is 0 Å². The molecule has 0 saturated carbocycles. The summed E-state index contributed by atoms with van der Waals surface area (Å²) in [7, 11) is -3.37. The summed E-state index contributed by atoms with van der Waals surface area (Å²) in [5.74, 6) is 0. The number of rotatable bonds is 4. The number of benzene rings is 1. The first-order valence-electron chi connectivity index (χ1n) is 8.17. The third kappa shape index (κ3) is 4.06. The van der Waals surface area contributed by atoms with Crippen LogP contribution in [0.4, 0.5) is 0 Å². The van der Waals surface area contributed by atoms with E-state index in [0.717, 1.165) is 24.8 Å². The van der Waals surface area contributed by atoms with Crippen LogP contribution in [-0.4, -0.2) is 55.9 Å². The van der Waals surface area contributed by atoms with Crippen molar-refractivity contribution in [1.82, 2.24) is 8.61 Å². The van der Waals surface area contributed by atoms with E-state index in [1.54, 1.807) is 8.61 Å². The van der Waals surface area contributed by atoms with Gasteiger partial charge in [-0.3, -0.25) is 0 Å². The van der Waals surface area contributed by atoms with Gasteiger partial charge in [0.25, 0.3) is 10.2 Å². The molecule has 128 valence electrons. The van der Waals surface area contributed by atoms with Crippen LogP contribution >= 0.6 is 11.6 Å². The molecule has 0 aliphatic carbocycles. The van der Waals surface area contributed by atoms with Gasteiger partial charge in [0.1, 0.15) is 0 Å². The van der Waals surface area contributed by atoms with Crippen molar-refractivity contribution in [2.24, 2.45) is 0 Å². The van der Waals surface area contributed by atoms with Crippen LogP contribution in [0.25, 0.3) is 0 Å². The Hall–Kier alpha value is -0.660. The van der Waals surface area contributed by atoms with Crippen molar-refractivity contribution in [3.8, 4) is 0 Å². The molecule has 0 unspecified atom stereocenters. The highest BCUT2D eigenvalue weighted by Gasteiger charge is 2.34. The van der Waals surface area contributed by atoms with Crippen molar-refractivity contribution in [2.45, 2.75) is 31.8 Å². The third-order valence-electron chi connectivity index (χ3n) is 4.47. The molecule has 0 radical (unpaired) electrons. The molecule has 0 aromatic heterocycles. The second-order valence-electron chi connectivity index (χ2n) is 6.11. The molecule has 2 fully saturated rings. The number of hydrogen-bond donors (Lipinski definition) is 0. The lowest BCUT2D eigenvalue weighted by Gasteiger charge is -2.36. The highest BCUT2D eigenvalue weighted by Crippen LogP contribution is 2.22. The summed E-state index contributed by atoms with van der Waals surface area (Å²) >= 11 is 6.20. The minimum absolute atomic E-state index is 0.150. The predicted octanol–water partition coefficient (Wildman–Crippen LogP) is 2.31. The van der Waals surface area contributed by atoms with E-state index in [2.05, 4.69) is 0 Å². The molecular weight excluding hydrogens is 336 g/mol. The molecular formula is C16H23ClN2O3S. The summed E-state index contributed by atoms with van der Waals surface area (Å²) in [6.07, 6.45) is 3.50. The fourth-order valence-corrected chi connectivity index (χ4v) is 5.11. The molecule has 7 heteroatoms. The van der Waals surface area contributed by atoms with Gasteiger partial charge in [0, 0.05) is 37.6 Å². The van der Waals surface area contributed by atoms with Crippen LogP contribution in [0.15, 0.2) is 24.3 Å². The minimum Gasteiger partial charge on any atom is -0.375 e. The molecule has 0 spiro atoms. The number of morpholine rings is 1. The van der Waals surface area contributed by atoms with Gasteiger partial charge in [-0.1, -0.05) is 36.2 Å². The van der Waals surface area contributed by atoms with Crippen LogP contribution in [0.1, 0.15) is 24.8 Å². The van der Waals surface area contributed by atoms with Crippen LogP contribution in [0.2, 0.25) is 5.02 Å². The van der Waals surface area contributed by atoms with Crippen molar-refractivity contribution < 1.29 is 13.2 Å². The lowest BCUT2D eigenvalue weighted by atomic mass is 10.1. The van der Waals surface area contributed by atoms with Gasteiger partial charge in [0.05, 0.1) is 12.7 Å². The van der Waals surface area contributed by atoms with Crippen molar-refractivity contribution >= 4 is 21.8 Å². The zero-order valence-electron chi connectivity index (χ0n) is 13.2. The fourth-order valence-electron chi connectivity index (χ4n) is 3.19. The second-order valence-corrected chi connectivity index (χ2v) is 8.45. The van der Waals surface area contributed by atoms with Gasteiger partial charge in [0.15, 0.2) is 0 Å². The van der Waals surface area contributed by atoms with Gasteiger partial charge in [-0.15, -0.1) is 0 Å². The number of halogens is 1. The van der Waals surface area contributed by atoms with E-state index in [4.69, 9.17) is 16.3 Å². The molecule has 2 aliphatic heterocycles. The Bertz CT molecular complexity index is 632. The zero-order valence-corrected chi connectivity index (χ0v) is 14.7. The summed E-state index contributed by atoms with van der Waals surface area (Å²) in [6, 6.07) is 7.64. The van der Waals surface area contributed by atoms with Crippen LogP contribution in [0.5, 0.6) is 0 Å². The third-order valence-corrected chi connectivity index (χ3v) is 6.85. The molecule has 2 saturated heterocycles. The Labute approximate surface area is 143 Å². The van der Waals surface area contributed by atoms with Gasteiger partial charge in [0.2, 0.25) is 0 Å². The van der Waals surface area contributed by atoms with Crippen LogP contribution in [0, 0.1) is 0 Å².